The van der Waals surface area contributed by atoms with Crippen LogP contribution in [0.4, 0.5) is 4.39 Å². The van der Waals surface area contributed by atoms with Crippen molar-refractivity contribution in [2.45, 2.75) is 39.3 Å². The van der Waals surface area contributed by atoms with Gasteiger partial charge in [-0.15, -0.1) is 12.4 Å². The Morgan fingerprint density at radius 2 is 2.24 bits per heavy atom. The van der Waals surface area contributed by atoms with Crippen LogP contribution in [-0.4, -0.2) is 20.7 Å². The van der Waals surface area contributed by atoms with E-state index in [1.54, 1.807) is 4.57 Å². The van der Waals surface area contributed by atoms with Gasteiger partial charge in [0.25, 0.3) is 5.56 Å². The average Bonchev–Trinajstić information content (AvgIpc) is 3.02. The van der Waals surface area contributed by atoms with Crippen LogP contribution in [-0.2, 0) is 6.54 Å². The van der Waals surface area contributed by atoms with Gasteiger partial charge in [-0.25, -0.2) is 0 Å². The molecule has 0 aliphatic carbocycles. The summed E-state index contributed by atoms with van der Waals surface area (Å²) in [6, 6.07) is 2.82. The van der Waals surface area contributed by atoms with Crippen LogP contribution in [0.3, 0.4) is 0 Å². The highest BCUT2D eigenvalue weighted by Crippen LogP contribution is 2.21. The van der Waals surface area contributed by atoms with Crippen molar-refractivity contribution in [3.05, 3.63) is 34.3 Å². The Balaban J connectivity index is 0.00000161. The molecule has 0 saturated carbocycles. The molecule has 1 fully saturated rings. The molecule has 0 spiro atoms. The van der Waals surface area contributed by atoms with Gasteiger partial charge in [0, 0.05) is 6.54 Å². The molecule has 1 N–H and O–H groups in total. The third kappa shape index (κ3) is 2.82. The van der Waals surface area contributed by atoms with E-state index in [0.29, 0.717) is 23.8 Å². The zero-order valence-corrected chi connectivity index (χ0v) is 13.0. The second-order valence-corrected chi connectivity index (χ2v) is 5.77. The summed E-state index contributed by atoms with van der Waals surface area (Å²) >= 11 is 0. The van der Waals surface area contributed by atoms with E-state index in [9.17, 15) is 9.18 Å². The molecule has 5 nitrogen and oxygen atoms in total. The van der Waals surface area contributed by atoms with Crippen molar-refractivity contribution >= 4 is 17.9 Å². The SMILES string of the molecule is CC(C)Cn1c(C2CCCN2)nn2c(F)ccc2c1=O.Cl. The molecule has 116 valence electrons. The lowest BCUT2D eigenvalue weighted by molar-refractivity contribution is 0.436. The van der Waals surface area contributed by atoms with Crippen molar-refractivity contribution < 1.29 is 4.39 Å². The lowest BCUT2D eigenvalue weighted by atomic mass is 10.2. The van der Waals surface area contributed by atoms with Crippen molar-refractivity contribution in [2.24, 2.45) is 5.92 Å². The first-order chi connectivity index (χ1) is 9.58. The average molecular weight is 315 g/mol. The summed E-state index contributed by atoms with van der Waals surface area (Å²) in [5.41, 5.74) is 0.131. The second-order valence-electron chi connectivity index (χ2n) is 5.77. The Kier molecular flexibility index (Phi) is 4.68. The van der Waals surface area contributed by atoms with Crippen LogP contribution in [0.5, 0.6) is 0 Å². The maximum absolute atomic E-state index is 13.7. The zero-order valence-electron chi connectivity index (χ0n) is 12.2. The van der Waals surface area contributed by atoms with E-state index in [-0.39, 0.29) is 24.0 Å². The molecule has 0 amide bonds. The van der Waals surface area contributed by atoms with Crippen LogP contribution in [0.2, 0.25) is 0 Å². The fourth-order valence-corrected chi connectivity index (χ4v) is 2.77. The smallest absolute Gasteiger partial charge is 0.278 e. The third-order valence-corrected chi connectivity index (χ3v) is 3.67. The molecule has 21 heavy (non-hydrogen) atoms. The monoisotopic (exact) mass is 314 g/mol. The number of hydrogen-bond acceptors (Lipinski definition) is 3. The van der Waals surface area contributed by atoms with Crippen molar-refractivity contribution in [3.8, 4) is 0 Å². The molecule has 1 aliphatic heterocycles. The van der Waals surface area contributed by atoms with Gasteiger partial charge in [0.05, 0.1) is 6.04 Å². The van der Waals surface area contributed by atoms with Crippen LogP contribution in [0.1, 0.15) is 38.6 Å². The van der Waals surface area contributed by atoms with E-state index in [4.69, 9.17) is 0 Å². The molecule has 7 heteroatoms. The van der Waals surface area contributed by atoms with E-state index in [2.05, 4.69) is 24.3 Å². The predicted molar refractivity (Wildman–Crippen MR) is 81.5 cm³/mol. The molecule has 3 heterocycles. The highest BCUT2D eigenvalue weighted by Gasteiger charge is 2.24. The van der Waals surface area contributed by atoms with Gasteiger partial charge in [-0.3, -0.25) is 9.36 Å². The Hall–Kier alpha value is -1.40. The molecule has 1 unspecified atom stereocenters. The molecule has 0 radical (unpaired) electrons. The Morgan fingerprint density at radius 3 is 2.86 bits per heavy atom. The number of fused-ring (bicyclic) bond motifs is 1. The van der Waals surface area contributed by atoms with Crippen LogP contribution < -0.4 is 10.9 Å². The van der Waals surface area contributed by atoms with Crippen LogP contribution in [0, 0.1) is 11.9 Å². The molecular weight excluding hydrogens is 295 g/mol. The first-order valence-corrected chi connectivity index (χ1v) is 7.09. The van der Waals surface area contributed by atoms with Gasteiger partial charge in [-0.1, -0.05) is 13.8 Å². The molecular formula is C14H20ClFN4O. The Labute approximate surface area is 128 Å². The van der Waals surface area contributed by atoms with Gasteiger partial charge in [0.2, 0.25) is 5.95 Å². The van der Waals surface area contributed by atoms with Gasteiger partial charge in [0.1, 0.15) is 11.3 Å². The quantitative estimate of drug-likeness (QED) is 0.944. The number of nitrogens with zero attached hydrogens (tertiary/aromatic N) is 3. The van der Waals surface area contributed by atoms with Crippen LogP contribution in [0.15, 0.2) is 16.9 Å². The highest BCUT2D eigenvalue weighted by atomic mass is 35.5. The standard InChI is InChI=1S/C14H19FN4O.ClH/c1-9(2)8-18-13(10-4-3-7-16-10)17-19-11(14(18)20)5-6-12(19)15;/h5-6,9-10,16H,3-4,7-8H2,1-2H3;1H. The summed E-state index contributed by atoms with van der Waals surface area (Å²) in [6.07, 6.45) is 1.98. The maximum Gasteiger partial charge on any atom is 0.278 e. The van der Waals surface area contributed by atoms with Crippen molar-refractivity contribution in [2.75, 3.05) is 6.54 Å². The first kappa shape index (κ1) is 16.0. The number of halogens is 2. The summed E-state index contributed by atoms with van der Waals surface area (Å²) < 4.78 is 16.5. The van der Waals surface area contributed by atoms with E-state index in [0.717, 1.165) is 23.9 Å². The number of rotatable bonds is 3. The van der Waals surface area contributed by atoms with Gasteiger partial charge >= 0.3 is 0 Å². The lowest BCUT2D eigenvalue weighted by Gasteiger charge is -2.18. The first-order valence-electron chi connectivity index (χ1n) is 7.09. The Morgan fingerprint density at radius 1 is 1.48 bits per heavy atom. The number of nitrogens with one attached hydrogen (secondary N) is 1. The van der Waals surface area contributed by atoms with Gasteiger partial charge in [0.15, 0.2) is 0 Å². The van der Waals surface area contributed by atoms with E-state index in [1.807, 2.05) is 0 Å². The summed E-state index contributed by atoms with van der Waals surface area (Å²) in [7, 11) is 0. The minimum absolute atomic E-state index is 0. The summed E-state index contributed by atoms with van der Waals surface area (Å²) in [4.78, 5) is 12.6. The summed E-state index contributed by atoms with van der Waals surface area (Å²) in [5, 5.41) is 7.70. The lowest BCUT2D eigenvalue weighted by Crippen LogP contribution is -2.33. The van der Waals surface area contributed by atoms with Gasteiger partial charge in [-0.2, -0.15) is 14.0 Å². The molecule has 1 aliphatic rings. The van der Waals surface area contributed by atoms with Gasteiger partial charge < -0.3 is 5.32 Å². The maximum atomic E-state index is 13.7. The predicted octanol–water partition coefficient (Wildman–Crippen LogP) is 2.14. The second kappa shape index (κ2) is 6.15. The van der Waals surface area contributed by atoms with Gasteiger partial charge in [-0.05, 0) is 37.4 Å². The zero-order chi connectivity index (χ0) is 14.3. The molecule has 3 rings (SSSR count). The van der Waals surface area contributed by atoms with Crippen molar-refractivity contribution in [1.82, 2.24) is 19.5 Å². The topological polar surface area (TPSA) is 51.3 Å². The normalized spacial score (nSPS) is 18.4. The van der Waals surface area contributed by atoms with Crippen LogP contribution in [0.25, 0.3) is 5.52 Å². The molecule has 2 aromatic rings. The molecule has 1 saturated heterocycles. The molecule has 1 atom stereocenters. The van der Waals surface area contributed by atoms with E-state index in [1.165, 1.54) is 12.1 Å². The number of aromatic nitrogens is 3. The minimum atomic E-state index is -0.493. The summed E-state index contributed by atoms with van der Waals surface area (Å²) in [6.45, 7) is 5.62. The molecule has 2 aromatic heterocycles. The molecule has 0 aromatic carbocycles. The highest BCUT2D eigenvalue weighted by molar-refractivity contribution is 5.85. The van der Waals surface area contributed by atoms with Crippen molar-refractivity contribution in [1.29, 1.82) is 0 Å². The fourth-order valence-electron chi connectivity index (χ4n) is 2.77. The van der Waals surface area contributed by atoms with E-state index >= 15 is 0 Å². The fraction of sp³-hybridized carbons (Fsp3) is 0.571. The third-order valence-electron chi connectivity index (χ3n) is 3.67. The number of hydrogen-bond donors (Lipinski definition) is 1. The largest absolute Gasteiger partial charge is 0.307 e. The summed E-state index contributed by atoms with van der Waals surface area (Å²) in [5.74, 6) is 0.480. The Bertz CT molecular complexity index is 688. The molecule has 0 bridgehead atoms. The van der Waals surface area contributed by atoms with Crippen LogP contribution >= 0.6 is 12.4 Å². The minimum Gasteiger partial charge on any atom is -0.307 e. The van der Waals surface area contributed by atoms with Crippen molar-refractivity contribution in [3.63, 3.8) is 0 Å². The van der Waals surface area contributed by atoms with E-state index < -0.39 is 5.95 Å².